The third-order valence-electron chi connectivity index (χ3n) is 1.65. The third kappa shape index (κ3) is 1.91. The molecule has 9 heteroatoms. The standard InChI is InChI=1S/C6H6F3N3O3/c1-5(10,6(7,8)9)4-11-2(3(13)14)12-15-4/h10H2,1H3,(H,13,14). The predicted octanol–water partition coefficient (Wildman–Crippen LogP) is 0.504. The van der Waals surface area contributed by atoms with E-state index in [9.17, 15) is 18.0 Å². The maximum Gasteiger partial charge on any atom is 0.415 e. The Labute approximate surface area is 80.9 Å². The minimum absolute atomic E-state index is 0.603. The van der Waals surface area contributed by atoms with E-state index in [1.54, 1.807) is 0 Å². The second-order valence-electron chi connectivity index (χ2n) is 2.93. The van der Waals surface area contributed by atoms with Gasteiger partial charge in [-0.2, -0.15) is 18.2 Å². The molecule has 1 rings (SSSR count). The van der Waals surface area contributed by atoms with Crippen molar-refractivity contribution in [2.45, 2.75) is 18.6 Å². The van der Waals surface area contributed by atoms with Gasteiger partial charge in [0.2, 0.25) is 0 Å². The maximum absolute atomic E-state index is 12.3. The van der Waals surface area contributed by atoms with Gasteiger partial charge in [0, 0.05) is 0 Å². The van der Waals surface area contributed by atoms with Gasteiger partial charge >= 0.3 is 12.1 Å². The van der Waals surface area contributed by atoms with E-state index in [1.165, 1.54) is 0 Å². The summed E-state index contributed by atoms with van der Waals surface area (Å²) in [5.41, 5.74) is 2.05. The molecule has 0 spiro atoms. The number of alkyl halides is 3. The molecule has 1 heterocycles. The molecule has 1 unspecified atom stereocenters. The Morgan fingerprint density at radius 1 is 1.53 bits per heavy atom. The molecule has 1 aromatic heterocycles. The van der Waals surface area contributed by atoms with Crippen molar-refractivity contribution in [1.82, 2.24) is 10.1 Å². The van der Waals surface area contributed by atoms with E-state index in [0.717, 1.165) is 0 Å². The number of halogens is 3. The summed E-state index contributed by atoms with van der Waals surface area (Å²) in [7, 11) is 0. The lowest BCUT2D eigenvalue weighted by atomic mass is 10.0. The lowest BCUT2D eigenvalue weighted by molar-refractivity contribution is -0.190. The molecule has 15 heavy (non-hydrogen) atoms. The fraction of sp³-hybridized carbons (Fsp3) is 0.500. The summed E-state index contributed by atoms with van der Waals surface area (Å²) in [6.07, 6.45) is -4.81. The molecule has 3 N–H and O–H groups in total. The van der Waals surface area contributed by atoms with Gasteiger partial charge in [0.25, 0.3) is 11.7 Å². The van der Waals surface area contributed by atoms with Crippen LogP contribution in [0.15, 0.2) is 4.52 Å². The second-order valence-corrected chi connectivity index (χ2v) is 2.93. The second kappa shape index (κ2) is 3.19. The van der Waals surface area contributed by atoms with Crippen molar-refractivity contribution < 1.29 is 27.6 Å². The Hall–Kier alpha value is -1.64. The van der Waals surface area contributed by atoms with E-state index in [1.807, 2.05) is 0 Å². The van der Waals surface area contributed by atoms with Gasteiger partial charge in [-0.3, -0.25) is 0 Å². The third-order valence-corrected chi connectivity index (χ3v) is 1.65. The van der Waals surface area contributed by atoms with Gasteiger partial charge in [-0.1, -0.05) is 0 Å². The highest BCUT2D eigenvalue weighted by molar-refractivity contribution is 5.82. The zero-order chi connectivity index (χ0) is 11.9. The molecule has 0 saturated carbocycles. The Morgan fingerprint density at radius 3 is 2.40 bits per heavy atom. The fourth-order valence-electron chi connectivity index (χ4n) is 0.643. The number of hydrogen-bond donors (Lipinski definition) is 2. The van der Waals surface area contributed by atoms with Crippen LogP contribution in [0.25, 0.3) is 0 Å². The van der Waals surface area contributed by atoms with Gasteiger partial charge in [-0.25, -0.2) is 4.79 Å². The molecule has 0 aliphatic rings. The smallest absolute Gasteiger partial charge is 0.415 e. The van der Waals surface area contributed by atoms with E-state index in [4.69, 9.17) is 10.8 Å². The number of nitrogens with two attached hydrogens (primary N) is 1. The molecule has 1 atom stereocenters. The molecule has 0 aliphatic carbocycles. The molecule has 0 saturated heterocycles. The minimum Gasteiger partial charge on any atom is -0.475 e. The first kappa shape index (κ1) is 11.4. The first-order valence-corrected chi connectivity index (χ1v) is 3.59. The summed E-state index contributed by atoms with van der Waals surface area (Å²) in [5.74, 6) is -3.46. The van der Waals surface area contributed by atoms with Crippen molar-refractivity contribution in [3.8, 4) is 0 Å². The van der Waals surface area contributed by atoms with Crippen LogP contribution in [-0.2, 0) is 5.54 Å². The molecular formula is C6H6F3N3O3. The number of aromatic nitrogens is 2. The van der Waals surface area contributed by atoms with Crippen molar-refractivity contribution in [3.05, 3.63) is 11.7 Å². The molecule has 0 aliphatic heterocycles. The number of aromatic carboxylic acids is 1. The average molecular weight is 225 g/mol. The van der Waals surface area contributed by atoms with Crippen molar-refractivity contribution in [2.24, 2.45) is 5.73 Å². The van der Waals surface area contributed by atoms with E-state index >= 15 is 0 Å². The van der Waals surface area contributed by atoms with Gasteiger partial charge in [-0.05, 0) is 12.1 Å². The maximum atomic E-state index is 12.3. The number of carbonyl (C=O) groups is 1. The molecule has 0 amide bonds. The Morgan fingerprint density at radius 2 is 2.07 bits per heavy atom. The highest BCUT2D eigenvalue weighted by Crippen LogP contribution is 2.35. The lowest BCUT2D eigenvalue weighted by Gasteiger charge is -2.22. The Balaban J connectivity index is 3.11. The molecule has 84 valence electrons. The lowest BCUT2D eigenvalue weighted by Crippen LogP contribution is -2.48. The molecule has 1 aromatic rings. The SMILES string of the molecule is CC(N)(c1nc(C(=O)O)no1)C(F)(F)F. The molecule has 6 nitrogen and oxygen atoms in total. The van der Waals surface area contributed by atoms with Crippen LogP contribution in [0.2, 0.25) is 0 Å². The normalized spacial score (nSPS) is 16.1. The van der Waals surface area contributed by atoms with E-state index in [2.05, 4.69) is 14.7 Å². The van der Waals surface area contributed by atoms with Crippen molar-refractivity contribution in [3.63, 3.8) is 0 Å². The summed E-state index contributed by atoms with van der Waals surface area (Å²) >= 11 is 0. The van der Waals surface area contributed by atoms with Crippen molar-refractivity contribution in [2.75, 3.05) is 0 Å². The summed E-state index contributed by atoms with van der Waals surface area (Å²) in [4.78, 5) is 13.3. The number of hydrogen-bond acceptors (Lipinski definition) is 5. The Bertz CT molecular complexity index is 384. The number of nitrogens with zero attached hydrogens (tertiary/aromatic N) is 2. The first-order valence-electron chi connectivity index (χ1n) is 3.59. The van der Waals surface area contributed by atoms with Gasteiger partial charge < -0.3 is 15.4 Å². The predicted molar refractivity (Wildman–Crippen MR) is 38.9 cm³/mol. The summed E-state index contributed by atoms with van der Waals surface area (Å²) in [5, 5.41) is 11.2. The average Bonchev–Trinajstić information content (AvgIpc) is 2.49. The van der Waals surface area contributed by atoms with Crippen molar-refractivity contribution in [1.29, 1.82) is 0 Å². The van der Waals surface area contributed by atoms with Crippen LogP contribution in [-0.4, -0.2) is 27.4 Å². The van der Waals surface area contributed by atoms with Gasteiger partial charge in [-0.15, -0.1) is 0 Å². The molecule has 0 bridgehead atoms. The topological polar surface area (TPSA) is 102 Å². The number of carboxylic acid groups (broad SMARTS) is 1. The monoisotopic (exact) mass is 225 g/mol. The first-order chi connectivity index (χ1) is 6.66. The molecule has 0 radical (unpaired) electrons. The molecular weight excluding hydrogens is 219 g/mol. The van der Waals surface area contributed by atoms with Crippen LogP contribution in [0.5, 0.6) is 0 Å². The van der Waals surface area contributed by atoms with Gasteiger partial charge in [0.05, 0.1) is 0 Å². The van der Waals surface area contributed by atoms with Crippen LogP contribution < -0.4 is 5.73 Å². The van der Waals surface area contributed by atoms with E-state index in [0.29, 0.717) is 6.92 Å². The zero-order valence-corrected chi connectivity index (χ0v) is 7.37. The molecule has 0 fully saturated rings. The highest BCUT2D eigenvalue weighted by Gasteiger charge is 2.53. The van der Waals surface area contributed by atoms with Crippen LogP contribution in [0.3, 0.4) is 0 Å². The zero-order valence-electron chi connectivity index (χ0n) is 7.37. The minimum atomic E-state index is -4.81. The molecule has 0 aromatic carbocycles. The largest absolute Gasteiger partial charge is 0.475 e. The Kier molecular flexibility index (Phi) is 2.43. The fourth-order valence-corrected chi connectivity index (χ4v) is 0.643. The number of carboxylic acids is 1. The summed E-state index contributed by atoms with van der Waals surface area (Å²) in [6.45, 7) is 0.603. The highest BCUT2D eigenvalue weighted by atomic mass is 19.4. The van der Waals surface area contributed by atoms with Crippen molar-refractivity contribution >= 4 is 5.97 Å². The van der Waals surface area contributed by atoms with Gasteiger partial charge in [0.15, 0.2) is 5.54 Å². The van der Waals surface area contributed by atoms with Crippen LogP contribution >= 0.6 is 0 Å². The summed E-state index contributed by atoms with van der Waals surface area (Å²) in [6, 6.07) is 0. The van der Waals surface area contributed by atoms with E-state index in [-0.39, 0.29) is 0 Å². The van der Waals surface area contributed by atoms with E-state index < -0.39 is 29.4 Å². The van der Waals surface area contributed by atoms with Crippen LogP contribution in [0.1, 0.15) is 23.4 Å². The van der Waals surface area contributed by atoms with Crippen LogP contribution in [0.4, 0.5) is 13.2 Å². The quantitative estimate of drug-likeness (QED) is 0.759. The van der Waals surface area contributed by atoms with Gasteiger partial charge in [0.1, 0.15) is 0 Å². The number of rotatable bonds is 2. The summed E-state index contributed by atoms with van der Waals surface area (Å²) < 4.78 is 41.1. The van der Waals surface area contributed by atoms with Crippen LogP contribution in [0, 0.1) is 0 Å².